The third kappa shape index (κ3) is 4.32. The number of carboxylic acid groups (broad SMARTS) is 1. The minimum atomic E-state index is -0.993. The van der Waals surface area contributed by atoms with Gasteiger partial charge < -0.3 is 20.1 Å². The molecule has 1 aliphatic rings. The van der Waals surface area contributed by atoms with Gasteiger partial charge >= 0.3 is 12.0 Å². The predicted octanol–water partition coefficient (Wildman–Crippen LogP) is 2.04. The monoisotopic (exact) mass is 290 g/mol. The average Bonchev–Trinajstić information content (AvgIpc) is 2.99. The second-order valence-electron chi connectivity index (χ2n) is 4.85. The maximum atomic E-state index is 12.1. The van der Waals surface area contributed by atoms with E-state index in [4.69, 9.17) is 9.84 Å². The summed E-state index contributed by atoms with van der Waals surface area (Å²) in [5.41, 5.74) is 1.42. The second-order valence-corrected chi connectivity index (χ2v) is 4.85. The van der Waals surface area contributed by atoms with E-state index in [0.717, 1.165) is 18.1 Å². The van der Waals surface area contributed by atoms with Crippen LogP contribution in [0.3, 0.4) is 0 Å². The third-order valence-electron chi connectivity index (χ3n) is 3.35. The minimum absolute atomic E-state index is 0.114. The number of anilines is 1. The molecule has 1 aliphatic heterocycles. The van der Waals surface area contributed by atoms with Crippen molar-refractivity contribution < 1.29 is 19.4 Å². The van der Waals surface area contributed by atoms with E-state index in [0.29, 0.717) is 18.9 Å². The lowest BCUT2D eigenvalue weighted by Crippen LogP contribution is -2.40. The first-order chi connectivity index (χ1) is 10.1. The molecule has 112 valence electrons. The molecular formula is C15H18N2O4. The summed E-state index contributed by atoms with van der Waals surface area (Å²) >= 11 is 0. The number of aliphatic carboxylic acids is 1. The molecule has 1 saturated heterocycles. The van der Waals surface area contributed by atoms with Crippen LogP contribution in [0.25, 0.3) is 6.08 Å². The number of benzene rings is 1. The van der Waals surface area contributed by atoms with Gasteiger partial charge in [-0.15, -0.1) is 0 Å². The van der Waals surface area contributed by atoms with Crippen LogP contribution in [0.4, 0.5) is 10.5 Å². The Bertz CT molecular complexity index is 533. The maximum Gasteiger partial charge on any atom is 0.328 e. The highest BCUT2D eigenvalue weighted by molar-refractivity contribution is 5.89. The van der Waals surface area contributed by atoms with Crippen LogP contribution in [0.15, 0.2) is 30.3 Å². The zero-order valence-corrected chi connectivity index (χ0v) is 11.8. The van der Waals surface area contributed by atoms with Gasteiger partial charge in [0.1, 0.15) is 0 Å². The minimum Gasteiger partial charge on any atom is -0.478 e. The molecule has 0 bridgehead atoms. The number of hydrogen-bond acceptors (Lipinski definition) is 3. The van der Waals surface area contributed by atoms with Gasteiger partial charge in [0.25, 0.3) is 0 Å². The average molecular weight is 290 g/mol. The van der Waals surface area contributed by atoms with Crippen LogP contribution >= 0.6 is 0 Å². The lowest BCUT2D eigenvalue weighted by Gasteiger charge is -2.23. The van der Waals surface area contributed by atoms with Crippen molar-refractivity contribution in [3.05, 3.63) is 35.9 Å². The highest BCUT2D eigenvalue weighted by Gasteiger charge is 2.23. The van der Waals surface area contributed by atoms with Gasteiger partial charge in [-0.2, -0.15) is 0 Å². The Morgan fingerprint density at radius 1 is 1.38 bits per heavy atom. The summed E-state index contributed by atoms with van der Waals surface area (Å²) in [5, 5.41) is 11.4. The van der Waals surface area contributed by atoms with E-state index < -0.39 is 5.97 Å². The summed E-state index contributed by atoms with van der Waals surface area (Å²) in [5.74, 6) is -0.993. The molecule has 2 rings (SSSR count). The first-order valence-corrected chi connectivity index (χ1v) is 6.69. The molecule has 2 amide bonds. The molecule has 0 saturated carbocycles. The van der Waals surface area contributed by atoms with E-state index in [9.17, 15) is 9.59 Å². The highest BCUT2D eigenvalue weighted by Crippen LogP contribution is 2.14. The number of urea groups is 1. The highest BCUT2D eigenvalue weighted by atomic mass is 16.5. The van der Waals surface area contributed by atoms with Gasteiger partial charge in [-0.05, 0) is 30.2 Å². The topological polar surface area (TPSA) is 78.9 Å². The molecule has 0 aromatic heterocycles. The molecule has 2 N–H and O–H groups in total. The number of nitrogens with zero attached hydrogens (tertiary/aromatic N) is 1. The lowest BCUT2D eigenvalue weighted by molar-refractivity contribution is -0.131. The van der Waals surface area contributed by atoms with Crippen LogP contribution in [0.2, 0.25) is 0 Å². The van der Waals surface area contributed by atoms with Crippen molar-refractivity contribution in [2.45, 2.75) is 12.5 Å². The fourth-order valence-corrected chi connectivity index (χ4v) is 2.05. The van der Waals surface area contributed by atoms with Crippen LogP contribution in [0.5, 0.6) is 0 Å². The largest absolute Gasteiger partial charge is 0.478 e. The second kappa shape index (κ2) is 6.90. The molecule has 0 aliphatic carbocycles. The van der Waals surface area contributed by atoms with E-state index in [1.807, 2.05) is 0 Å². The van der Waals surface area contributed by atoms with Crippen LogP contribution in [-0.4, -0.2) is 48.3 Å². The number of hydrogen-bond donors (Lipinski definition) is 2. The van der Waals surface area contributed by atoms with Gasteiger partial charge in [-0.1, -0.05) is 12.1 Å². The van der Waals surface area contributed by atoms with Crippen LogP contribution < -0.4 is 5.32 Å². The van der Waals surface area contributed by atoms with Crippen LogP contribution in [-0.2, 0) is 9.53 Å². The van der Waals surface area contributed by atoms with Gasteiger partial charge in [0.05, 0.1) is 12.6 Å². The van der Waals surface area contributed by atoms with Crippen molar-refractivity contribution in [2.75, 3.05) is 25.6 Å². The molecule has 1 aromatic carbocycles. The van der Waals surface area contributed by atoms with Crippen molar-refractivity contribution in [1.82, 2.24) is 4.90 Å². The Morgan fingerprint density at radius 3 is 2.67 bits per heavy atom. The van der Waals surface area contributed by atoms with E-state index in [2.05, 4.69) is 5.32 Å². The number of likely N-dealkylation sites (N-methyl/N-ethyl adjacent to an activating group) is 1. The summed E-state index contributed by atoms with van der Waals surface area (Å²) < 4.78 is 5.26. The number of rotatable bonds is 4. The van der Waals surface area contributed by atoms with Crippen molar-refractivity contribution >= 4 is 23.8 Å². The van der Waals surface area contributed by atoms with Crippen molar-refractivity contribution in [3.63, 3.8) is 0 Å². The number of ether oxygens (including phenoxy) is 1. The Kier molecular flexibility index (Phi) is 4.94. The predicted molar refractivity (Wildman–Crippen MR) is 79.1 cm³/mol. The molecule has 1 fully saturated rings. The lowest BCUT2D eigenvalue weighted by atomic mass is 10.2. The van der Waals surface area contributed by atoms with Crippen molar-refractivity contribution in [3.8, 4) is 0 Å². The molecule has 1 unspecified atom stereocenters. The Morgan fingerprint density at radius 2 is 2.10 bits per heavy atom. The fraction of sp³-hybridized carbons (Fsp3) is 0.333. The molecular weight excluding hydrogens is 272 g/mol. The summed E-state index contributed by atoms with van der Waals surface area (Å²) in [4.78, 5) is 24.1. The summed E-state index contributed by atoms with van der Waals surface area (Å²) in [6.07, 6.45) is 3.42. The first kappa shape index (κ1) is 15.1. The molecule has 6 heteroatoms. The zero-order valence-electron chi connectivity index (χ0n) is 11.8. The van der Waals surface area contributed by atoms with E-state index >= 15 is 0 Å². The molecule has 1 aromatic rings. The molecule has 1 heterocycles. The van der Waals surface area contributed by atoms with E-state index in [1.54, 1.807) is 36.2 Å². The molecule has 0 spiro atoms. The number of amides is 2. The number of carboxylic acids is 1. The Labute approximate surface area is 123 Å². The number of carbonyl (C=O) groups is 2. The normalized spacial score (nSPS) is 17.9. The molecule has 1 atom stereocenters. The van der Waals surface area contributed by atoms with Gasteiger partial charge in [0, 0.05) is 25.4 Å². The molecule has 6 nitrogen and oxygen atoms in total. The number of nitrogens with one attached hydrogen (secondary N) is 1. The fourth-order valence-electron chi connectivity index (χ4n) is 2.05. The summed E-state index contributed by atoms with van der Waals surface area (Å²) in [7, 11) is 1.75. The van der Waals surface area contributed by atoms with Gasteiger partial charge in [-0.3, -0.25) is 0 Å². The van der Waals surface area contributed by atoms with E-state index in [-0.39, 0.29) is 12.1 Å². The summed E-state index contributed by atoms with van der Waals surface area (Å²) in [6, 6.07) is 6.89. The van der Waals surface area contributed by atoms with Crippen LogP contribution in [0, 0.1) is 0 Å². The van der Waals surface area contributed by atoms with Gasteiger partial charge in [-0.25, -0.2) is 9.59 Å². The van der Waals surface area contributed by atoms with E-state index in [1.165, 1.54) is 6.08 Å². The Hall–Kier alpha value is -2.34. The SMILES string of the molecule is CN(C(=O)Nc1ccc(/C=C/C(=O)O)cc1)C1CCOC1. The standard InChI is InChI=1S/C15H18N2O4/c1-17(13-8-9-21-10-13)15(20)16-12-5-2-11(3-6-12)4-7-14(18)19/h2-7,13H,8-10H2,1H3,(H,16,20)(H,18,19)/b7-4+. The van der Waals surface area contributed by atoms with Crippen molar-refractivity contribution in [1.29, 1.82) is 0 Å². The summed E-state index contributed by atoms with van der Waals surface area (Å²) in [6.45, 7) is 1.26. The van der Waals surface area contributed by atoms with Gasteiger partial charge in [0.15, 0.2) is 0 Å². The van der Waals surface area contributed by atoms with Crippen molar-refractivity contribution in [2.24, 2.45) is 0 Å². The van der Waals surface area contributed by atoms with Crippen LogP contribution in [0.1, 0.15) is 12.0 Å². The molecule has 0 radical (unpaired) electrons. The Balaban J connectivity index is 1.93. The smallest absolute Gasteiger partial charge is 0.328 e. The quantitative estimate of drug-likeness (QED) is 0.832. The van der Waals surface area contributed by atoms with Gasteiger partial charge in [0.2, 0.25) is 0 Å². The zero-order chi connectivity index (χ0) is 15.2. The molecule has 21 heavy (non-hydrogen) atoms. The first-order valence-electron chi connectivity index (χ1n) is 6.69. The number of carbonyl (C=O) groups excluding carboxylic acids is 1. The third-order valence-corrected chi connectivity index (χ3v) is 3.35. The maximum absolute atomic E-state index is 12.1.